The summed E-state index contributed by atoms with van der Waals surface area (Å²) in [6, 6.07) is 0. The second-order valence-corrected chi connectivity index (χ2v) is 13.2. The quantitative estimate of drug-likeness (QED) is 0.435. The molecular formula is C28H38O7. The number of carbonyl (C=O) groups is 3. The Hall–Kier alpha value is -1.73. The fourth-order valence-electron chi connectivity index (χ4n) is 9.79. The van der Waals surface area contributed by atoms with Gasteiger partial charge in [-0.3, -0.25) is 9.59 Å². The Morgan fingerprint density at radius 3 is 2.49 bits per heavy atom. The predicted molar refractivity (Wildman–Crippen MR) is 125 cm³/mol. The molecule has 3 aliphatic heterocycles. The summed E-state index contributed by atoms with van der Waals surface area (Å²) in [5, 5.41) is 0. The number of carbonyl (C=O) groups excluding carboxylic acids is 3. The molecule has 7 nitrogen and oxygen atoms in total. The van der Waals surface area contributed by atoms with E-state index in [0.29, 0.717) is 19.6 Å². The van der Waals surface area contributed by atoms with Crippen molar-refractivity contribution in [2.24, 2.45) is 39.4 Å². The summed E-state index contributed by atoms with van der Waals surface area (Å²) in [5.74, 6) is -0.295. The van der Waals surface area contributed by atoms with E-state index in [2.05, 4.69) is 26.8 Å². The number of hydrogen-bond donors (Lipinski definition) is 0. The zero-order valence-electron chi connectivity index (χ0n) is 21.7. The maximum atomic E-state index is 13.3. The largest absolute Gasteiger partial charge is 0.462 e. The first-order valence-corrected chi connectivity index (χ1v) is 13.2. The van der Waals surface area contributed by atoms with Gasteiger partial charge in [-0.25, -0.2) is 4.79 Å². The van der Waals surface area contributed by atoms with E-state index >= 15 is 0 Å². The number of epoxide rings is 1. The first-order chi connectivity index (χ1) is 16.3. The lowest BCUT2D eigenvalue weighted by atomic mass is 9.35. The molecule has 6 rings (SSSR count). The van der Waals surface area contributed by atoms with Crippen molar-refractivity contribution in [1.29, 1.82) is 0 Å². The van der Waals surface area contributed by atoms with Crippen molar-refractivity contribution in [3.05, 3.63) is 12.2 Å². The smallest absolute Gasteiger partial charge is 0.338 e. The molecule has 0 amide bonds. The Morgan fingerprint density at radius 1 is 1.09 bits per heavy atom. The van der Waals surface area contributed by atoms with E-state index in [1.165, 1.54) is 6.92 Å². The summed E-state index contributed by atoms with van der Waals surface area (Å²) < 4.78 is 24.5. The van der Waals surface area contributed by atoms with Crippen LogP contribution in [0.25, 0.3) is 0 Å². The fraction of sp³-hybridized carbons (Fsp3) is 0.821. The van der Waals surface area contributed by atoms with Crippen LogP contribution >= 0.6 is 0 Å². The molecule has 3 saturated heterocycles. The van der Waals surface area contributed by atoms with E-state index in [0.717, 1.165) is 19.3 Å². The van der Waals surface area contributed by atoms with Crippen LogP contribution in [-0.2, 0) is 33.3 Å². The third-order valence-electron chi connectivity index (χ3n) is 11.4. The Kier molecular flexibility index (Phi) is 4.71. The predicted octanol–water partition coefficient (Wildman–Crippen LogP) is 3.63. The van der Waals surface area contributed by atoms with Crippen LogP contribution in [0.5, 0.6) is 0 Å². The second kappa shape index (κ2) is 6.97. The number of cyclic esters (lactones) is 1. The van der Waals surface area contributed by atoms with E-state index in [-0.39, 0.29) is 47.0 Å². The normalized spacial score (nSPS) is 53.5. The van der Waals surface area contributed by atoms with Gasteiger partial charge in [0.1, 0.15) is 17.8 Å². The lowest BCUT2D eigenvalue weighted by Gasteiger charge is -2.68. The maximum Gasteiger partial charge on any atom is 0.338 e. The molecule has 0 bridgehead atoms. The van der Waals surface area contributed by atoms with Crippen LogP contribution in [0.3, 0.4) is 0 Å². The van der Waals surface area contributed by atoms with Crippen LogP contribution in [0.4, 0.5) is 0 Å². The Morgan fingerprint density at radius 2 is 1.83 bits per heavy atom. The molecule has 0 aromatic heterocycles. The van der Waals surface area contributed by atoms with Crippen molar-refractivity contribution < 1.29 is 33.3 Å². The maximum absolute atomic E-state index is 13.3. The molecule has 3 aliphatic carbocycles. The van der Waals surface area contributed by atoms with Gasteiger partial charge in [0.25, 0.3) is 0 Å². The summed E-state index contributed by atoms with van der Waals surface area (Å²) >= 11 is 0. The molecule has 0 N–H and O–H groups in total. The first kappa shape index (κ1) is 23.7. The van der Waals surface area contributed by atoms with Crippen LogP contribution in [-0.4, -0.2) is 54.8 Å². The average Bonchev–Trinajstić information content (AvgIpc) is 3.35. The third-order valence-corrected chi connectivity index (χ3v) is 11.4. The minimum Gasteiger partial charge on any atom is -0.462 e. The summed E-state index contributed by atoms with van der Waals surface area (Å²) in [5.41, 5.74) is -2.66. The average molecular weight is 487 g/mol. The van der Waals surface area contributed by atoms with Crippen molar-refractivity contribution in [3.8, 4) is 0 Å². The number of ketones is 1. The number of hydrogen-bond acceptors (Lipinski definition) is 7. The molecule has 0 radical (unpaired) electrons. The molecular weight excluding hydrogens is 448 g/mol. The van der Waals surface area contributed by atoms with Gasteiger partial charge in [0.2, 0.25) is 0 Å². The van der Waals surface area contributed by atoms with Gasteiger partial charge in [0.05, 0.1) is 6.61 Å². The first-order valence-electron chi connectivity index (χ1n) is 13.2. The van der Waals surface area contributed by atoms with Gasteiger partial charge < -0.3 is 18.9 Å². The van der Waals surface area contributed by atoms with Crippen molar-refractivity contribution in [2.45, 2.75) is 91.1 Å². The monoisotopic (exact) mass is 486 g/mol. The number of esters is 2. The molecule has 1 spiro atoms. The van der Waals surface area contributed by atoms with Crippen molar-refractivity contribution in [3.63, 3.8) is 0 Å². The topological polar surface area (TPSA) is 91.4 Å². The molecule has 0 aromatic rings. The van der Waals surface area contributed by atoms with E-state index in [4.69, 9.17) is 18.9 Å². The van der Waals surface area contributed by atoms with Crippen LogP contribution in [0, 0.1) is 39.4 Å². The van der Waals surface area contributed by atoms with Crippen molar-refractivity contribution in [2.75, 3.05) is 13.2 Å². The zero-order valence-corrected chi connectivity index (χ0v) is 21.7. The highest BCUT2D eigenvalue weighted by Gasteiger charge is 2.88. The highest BCUT2D eigenvalue weighted by molar-refractivity contribution is 5.95. The van der Waals surface area contributed by atoms with Gasteiger partial charge in [-0.15, -0.1) is 0 Å². The van der Waals surface area contributed by atoms with Crippen molar-refractivity contribution >= 4 is 17.7 Å². The number of fused-ring (bicyclic) bond motifs is 3. The second-order valence-electron chi connectivity index (χ2n) is 13.2. The van der Waals surface area contributed by atoms with E-state index in [9.17, 15) is 14.4 Å². The van der Waals surface area contributed by atoms with Crippen LogP contribution < -0.4 is 0 Å². The summed E-state index contributed by atoms with van der Waals surface area (Å²) in [6.07, 6.45) is 5.61. The molecule has 6 aliphatic rings. The van der Waals surface area contributed by atoms with E-state index < -0.39 is 34.1 Å². The number of rotatable bonds is 2. The van der Waals surface area contributed by atoms with Gasteiger partial charge in [0.15, 0.2) is 11.9 Å². The lowest BCUT2D eigenvalue weighted by Crippen LogP contribution is -2.74. The van der Waals surface area contributed by atoms with Crippen LogP contribution in [0.15, 0.2) is 12.2 Å². The Bertz CT molecular complexity index is 1030. The van der Waals surface area contributed by atoms with Gasteiger partial charge in [-0.05, 0) is 49.0 Å². The van der Waals surface area contributed by atoms with Crippen molar-refractivity contribution in [1.82, 2.24) is 0 Å². The highest BCUT2D eigenvalue weighted by atomic mass is 16.7. The minimum atomic E-state index is -0.779. The Balaban J connectivity index is 1.52. The fourth-order valence-corrected chi connectivity index (χ4v) is 9.79. The minimum absolute atomic E-state index is 0.0162. The van der Waals surface area contributed by atoms with Crippen LogP contribution in [0.2, 0.25) is 0 Å². The molecule has 7 heteroatoms. The zero-order chi connectivity index (χ0) is 25.2. The molecule has 0 aromatic carbocycles. The molecule has 0 unspecified atom stereocenters. The van der Waals surface area contributed by atoms with Gasteiger partial charge in [-0.2, -0.15) is 0 Å². The van der Waals surface area contributed by atoms with E-state index in [1.807, 2.05) is 13.8 Å². The number of ether oxygens (including phenoxy) is 4. The molecule has 10 atom stereocenters. The SMILES string of the molecule is CC(=O)O[C@@H]1C[C@H]2C(C)(C)C(=O)C=C[C@]2(C)[C@H]2CC[C@@]3(C)[C@H]([C@H]4CCOC4)OC(=O)[C@H]4O[C@]43[C@@]21C. The standard InChI is InChI=1S/C28H38O7/c1-15(29)33-20-13-18-24(2,3)19(30)8-10-25(18,4)17-7-11-26(5)21(16-9-12-32-14-16)34-23(31)22-28(26,35-22)27(17,20)6/h8,10,16-18,20-22H,7,9,11-14H2,1-6H3/t16-,17+,18-,20+,21-,22+,25+,26-,27-,28+/m0/s1. The summed E-state index contributed by atoms with van der Waals surface area (Å²) in [4.78, 5) is 38.7. The molecule has 5 fully saturated rings. The molecule has 35 heavy (non-hydrogen) atoms. The van der Waals surface area contributed by atoms with E-state index in [1.54, 1.807) is 6.08 Å². The molecule has 3 heterocycles. The van der Waals surface area contributed by atoms with Crippen LogP contribution in [0.1, 0.15) is 67.2 Å². The summed E-state index contributed by atoms with van der Waals surface area (Å²) in [7, 11) is 0. The lowest BCUT2D eigenvalue weighted by molar-refractivity contribution is -0.254. The summed E-state index contributed by atoms with van der Waals surface area (Å²) in [6.45, 7) is 13.4. The third kappa shape index (κ3) is 2.62. The number of allylic oxidation sites excluding steroid dienone is 2. The van der Waals surface area contributed by atoms with Gasteiger partial charge in [0, 0.05) is 35.7 Å². The van der Waals surface area contributed by atoms with Gasteiger partial charge in [-0.1, -0.05) is 40.7 Å². The Labute approximate surface area is 207 Å². The molecule has 192 valence electrons. The van der Waals surface area contributed by atoms with Gasteiger partial charge >= 0.3 is 11.9 Å². The highest BCUT2D eigenvalue weighted by Crippen LogP contribution is 2.78. The molecule has 2 saturated carbocycles.